The minimum Gasteiger partial charge on any atom is -0.467 e. The van der Waals surface area contributed by atoms with E-state index in [9.17, 15) is 4.79 Å². The van der Waals surface area contributed by atoms with E-state index < -0.39 is 0 Å². The average molecular weight is 343 g/mol. The molecule has 0 unspecified atom stereocenters. The molecule has 122 valence electrons. The predicted molar refractivity (Wildman–Crippen MR) is 91.4 cm³/mol. The number of halogens is 1. The zero-order chi connectivity index (χ0) is 16.9. The van der Waals surface area contributed by atoms with Crippen LogP contribution in [0.25, 0.3) is 0 Å². The molecule has 0 atom stereocenters. The minimum absolute atomic E-state index is 0.236. The molecule has 3 aromatic rings. The highest BCUT2D eigenvalue weighted by Gasteiger charge is 2.09. The SMILES string of the molecule is Cc1cc(Cl)ccc1Nc1ccc(C(=O)NCc2ccco2)nn1. The highest BCUT2D eigenvalue weighted by atomic mass is 35.5. The van der Waals surface area contributed by atoms with Crippen molar-refractivity contribution in [3.8, 4) is 0 Å². The number of furan rings is 1. The van der Waals surface area contributed by atoms with E-state index in [-0.39, 0.29) is 11.6 Å². The number of aromatic nitrogens is 2. The molecule has 0 aliphatic rings. The molecule has 0 spiro atoms. The molecule has 2 aromatic heterocycles. The maximum absolute atomic E-state index is 12.0. The number of anilines is 2. The number of hydrogen-bond acceptors (Lipinski definition) is 5. The van der Waals surface area contributed by atoms with Crippen molar-refractivity contribution in [1.82, 2.24) is 15.5 Å². The summed E-state index contributed by atoms with van der Waals surface area (Å²) >= 11 is 5.94. The topological polar surface area (TPSA) is 80.0 Å². The molecule has 0 radical (unpaired) electrons. The first kappa shape index (κ1) is 16.0. The summed E-state index contributed by atoms with van der Waals surface area (Å²) in [6, 6.07) is 12.4. The van der Waals surface area contributed by atoms with Crippen LogP contribution in [-0.2, 0) is 6.54 Å². The molecule has 2 heterocycles. The van der Waals surface area contributed by atoms with Gasteiger partial charge in [-0.15, -0.1) is 10.2 Å². The lowest BCUT2D eigenvalue weighted by molar-refractivity contribution is 0.0942. The molecule has 1 aromatic carbocycles. The van der Waals surface area contributed by atoms with E-state index in [2.05, 4.69) is 20.8 Å². The second-order valence-electron chi connectivity index (χ2n) is 5.15. The van der Waals surface area contributed by atoms with Crippen LogP contribution in [0.4, 0.5) is 11.5 Å². The van der Waals surface area contributed by atoms with E-state index >= 15 is 0 Å². The van der Waals surface area contributed by atoms with E-state index in [0.717, 1.165) is 11.3 Å². The van der Waals surface area contributed by atoms with Gasteiger partial charge in [0.1, 0.15) is 5.76 Å². The van der Waals surface area contributed by atoms with Crippen molar-refractivity contribution < 1.29 is 9.21 Å². The van der Waals surface area contributed by atoms with Crippen molar-refractivity contribution in [2.45, 2.75) is 13.5 Å². The molecule has 0 aliphatic heterocycles. The number of aryl methyl sites for hydroxylation is 1. The Morgan fingerprint density at radius 2 is 2.08 bits per heavy atom. The Kier molecular flexibility index (Phi) is 4.77. The minimum atomic E-state index is -0.312. The zero-order valence-electron chi connectivity index (χ0n) is 12.9. The first-order valence-electron chi connectivity index (χ1n) is 7.29. The Balaban J connectivity index is 1.63. The van der Waals surface area contributed by atoms with Crippen LogP contribution in [0.1, 0.15) is 21.8 Å². The fourth-order valence-corrected chi connectivity index (χ4v) is 2.32. The number of carbonyl (C=O) groups is 1. The number of amides is 1. The second-order valence-corrected chi connectivity index (χ2v) is 5.59. The summed E-state index contributed by atoms with van der Waals surface area (Å²) in [5.74, 6) is 0.906. The maximum Gasteiger partial charge on any atom is 0.272 e. The monoisotopic (exact) mass is 342 g/mol. The van der Waals surface area contributed by atoms with Crippen LogP contribution in [0.2, 0.25) is 5.02 Å². The van der Waals surface area contributed by atoms with Gasteiger partial charge < -0.3 is 15.1 Å². The van der Waals surface area contributed by atoms with Crippen LogP contribution in [0.5, 0.6) is 0 Å². The van der Waals surface area contributed by atoms with Gasteiger partial charge in [0.2, 0.25) is 0 Å². The van der Waals surface area contributed by atoms with Gasteiger partial charge in [0, 0.05) is 10.7 Å². The Hall–Kier alpha value is -2.86. The van der Waals surface area contributed by atoms with Gasteiger partial charge in [0.15, 0.2) is 11.5 Å². The fourth-order valence-electron chi connectivity index (χ4n) is 2.10. The number of nitrogens with zero attached hydrogens (tertiary/aromatic N) is 2. The molecule has 2 N–H and O–H groups in total. The molecule has 3 rings (SSSR count). The molecule has 1 amide bonds. The molecule has 0 saturated heterocycles. The van der Waals surface area contributed by atoms with Gasteiger partial charge >= 0.3 is 0 Å². The van der Waals surface area contributed by atoms with E-state index in [1.807, 2.05) is 19.1 Å². The van der Waals surface area contributed by atoms with Crippen LogP contribution < -0.4 is 10.6 Å². The van der Waals surface area contributed by atoms with E-state index in [1.165, 1.54) is 0 Å². The quantitative estimate of drug-likeness (QED) is 0.739. The lowest BCUT2D eigenvalue weighted by atomic mass is 10.2. The smallest absolute Gasteiger partial charge is 0.272 e. The molecule has 0 bridgehead atoms. The molecule has 0 aliphatic carbocycles. The van der Waals surface area contributed by atoms with Crippen molar-refractivity contribution in [1.29, 1.82) is 0 Å². The van der Waals surface area contributed by atoms with Gasteiger partial charge in [0.25, 0.3) is 5.91 Å². The van der Waals surface area contributed by atoms with Crippen molar-refractivity contribution in [2.24, 2.45) is 0 Å². The lowest BCUT2D eigenvalue weighted by Crippen LogP contribution is -2.23. The largest absolute Gasteiger partial charge is 0.467 e. The van der Waals surface area contributed by atoms with Crippen LogP contribution in [0.3, 0.4) is 0 Å². The van der Waals surface area contributed by atoms with Gasteiger partial charge in [-0.1, -0.05) is 11.6 Å². The number of nitrogens with one attached hydrogen (secondary N) is 2. The Morgan fingerprint density at radius 3 is 2.75 bits per heavy atom. The first-order valence-corrected chi connectivity index (χ1v) is 7.67. The molecule has 0 fully saturated rings. The molecular weight excluding hydrogens is 328 g/mol. The Labute approximate surface area is 143 Å². The fraction of sp³-hybridized carbons (Fsp3) is 0.118. The Morgan fingerprint density at radius 1 is 1.21 bits per heavy atom. The molecule has 0 saturated carbocycles. The summed E-state index contributed by atoms with van der Waals surface area (Å²) in [4.78, 5) is 12.0. The highest BCUT2D eigenvalue weighted by Crippen LogP contribution is 2.22. The Bertz CT molecular complexity index is 832. The summed E-state index contributed by atoms with van der Waals surface area (Å²) in [5, 5.41) is 14.5. The first-order chi connectivity index (χ1) is 11.6. The zero-order valence-corrected chi connectivity index (χ0v) is 13.7. The third-order valence-corrected chi connectivity index (χ3v) is 3.59. The van der Waals surface area contributed by atoms with Crippen LogP contribution in [0, 0.1) is 6.92 Å². The number of hydrogen-bond donors (Lipinski definition) is 2. The third kappa shape index (κ3) is 3.91. The normalized spacial score (nSPS) is 10.4. The van der Waals surface area contributed by atoms with Crippen molar-refractivity contribution in [3.63, 3.8) is 0 Å². The van der Waals surface area contributed by atoms with E-state index in [4.69, 9.17) is 16.0 Å². The van der Waals surface area contributed by atoms with Gasteiger partial charge in [-0.25, -0.2) is 0 Å². The third-order valence-electron chi connectivity index (χ3n) is 3.35. The summed E-state index contributed by atoms with van der Waals surface area (Å²) in [5.41, 5.74) is 2.10. The van der Waals surface area contributed by atoms with Gasteiger partial charge in [0.05, 0.1) is 12.8 Å². The molecule has 24 heavy (non-hydrogen) atoms. The van der Waals surface area contributed by atoms with Gasteiger partial charge in [-0.2, -0.15) is 0 Å². The summed E-state index contributed by atoms with van der Waals surface area (Å²) in [6.07, 6.45) is 1.56. The van der Waals surface area contributed by atoms with Gasteiger partial charge in [-0.05, 0) is 55.0 Å². The highest BCUT2D eigenvalue weighted by molar-refractivity contribution is 6.30. The molecule has 7 heteroatoms. The van der Waals surface area contributed by atoms with Crippen LogP contribution in [-0.4, -0.2) is 16.1 Å². The van der Waals surface area contributed by atoms with Gasteiger partial charge in [-0.3, -0.25) is 4.79 Å². The number of carbonyl (C=O) groups excluding carboxylic acids is 1. The molecular formula is C17H15ClN4O2. The summed E-state index contributed by atoms with van der Waals surface area (Å²) in [7, 11) is 0. The van der Waals surface area contributed by atoms with Crippen LogP contribution in [0.15, 0.2) is 53.1 Å². The van der Waals surface area contributed by atoms with Crippen LogP contribution >= 0.6 is 11.6 Å². The van der Waals surface area contributed by atoms with Crippen molar-refractivity contribution in [3.05, 3.63) is 70.8 Å². The second kappa shape index (κ2) is 7.14. The van der Waals surface area contributed by atoms with Crippen molar-refractivity contribution >= 4 is 29.0 Å². The predicted octanol–water partition coefficient (Wildman–Crippen LogP) is 3.71. The van der Waals surface area contributed by atoms with E-state index in [0.29, 0.717) is 23.1 Å². The summed E-state index contributed by atoms with van der Waals surface area (Å²) in [6.45, 7) is 2.25. The van der Waals surface area contributed by atoms with E-state index in [1.54, 1.807) is 36.6 Å². The maximum atomic E-state index is 12.0. The summed E-state index contributed by atoms with van der Waals surface area (Å²) < 4.78 is 5.15. The average Bonchev–Trinajstić information content (AvgIpc) is 3.09. The molecule has 6 nitrogen and oxygen atoms in total. The lowest BCUT2D eigenvalue weighted by Gasteiger charge is -2.09. The van der Waals surface area contributed by atoms with Crippen molar-refractivity contribution in [2.75, 3.05) is 5.32 Å². The number of rotatable bonds is 5. The number of benzene rings is 1. The standard InChI is InChI=1S/C17H15ClN4O2/c1-11-9-12(18)4-5-14(11)20-16-7-6-15(21-22-16)17(23)19-10-13-3-2-8-24-13/h2-9H,10H2,1H3,(H,19,23)(H,20,22).